The zero-order chi connectivity index (χ0) is 21.7. The van der Waals surface area contributed by atoms with E-state index in [0.29, 0.717) is 28.1 Å². The Labute approximate surface area is 168 Å². The first-order chi connectivity index (χ1) is 14.3. The van der Waals surface area contributed by atoms with E-state index < -0.39 is 11.1 Å². The topological polar surface area (TPSA) is 153 Å². The number of phenols is 1. The molecular weight excluding hydrogens is 396 g/mol. The van der Waals surface area contributed by atoms with Crippen molar-refractivity contribution in [3.63, 3.8) is 0 Å². The van der Waals surface area contributed by atoms with Crippen LogP contribution in [0.5, 0.6) is 5.75 Å². The summed E-state index contributed by atoms with van der Waals surface area (Å²) >= 11 is 0. The van der Waals surface area contributed by atoms with Crippen molar-refractivity contribution in [3.05, 3.63) is 86.6 Å². The van der Waals surface area contributed by atoms with Crippen LogP contribution < -0.4 is 5.43 Å². The fraction of sp³-hybridized carbons (Fsp3) is 0.0500. The fourth-order valence-corrected chi connectivity index (χ4v) is 2.45. The first-order valence-electron chi connectivity index (χ1n) is 8.44. The van der Waals surface area contributed by atoms with Gasteiger partial charge in [0, 0.05) is 24.3 Å². The average molecular weight is 410 g/mol. The van der Waals surface area contributed by atoms with Gasteiger partial charge in [0.25, 0.3) is 5.69 Å². The molecule has 1 aliphatic heterocycles. The predicted molar refractivity (Wildman–Crippen MR) is 104 cm³/mol. The molecule has 0 bridgehead atoms. The van der Waals surface area contributed by atoms with Gasteiger partial charge in [-0.25, -0.2) is 9.78 Å². The average Bonchev–Trinajstić information content (AvgIpc) is 2.71. The van der Waals surface area contributed by atoms with Crippen LogP contribution in [0.3, 0.4) is 0 Å². The molecule has 2 aromatic carbocycles. The lowest BCUT2D eigenvalue weighted by Crippen LogP contribution is -2.00. The first-order valence-corrected chi connectivity index (χ1v) is 8.44. The van der Waals surface area contributed by atoms with Crippen molar-refractivity contribution in [2.45, 2.75) is 6.61 Å². The molecule has 10 heteroatoms. The summed E-state index contributed by atoms with van der Waals surface area (Å²) in [6.07, 6.45) is -1.37. The summed E-state index contributed by atoms with van der Waals surface area (Å²) in [4.78, 5) is 35.2. The number of non-ortho nitro benzene ring substituents is 1. The lowest BCUT2D eigenvalue weighted by molar-refractivity contribution is -0.384. The van der Waals surface area contributed by atoms with E-state index >= 15 is 0 Å². The highest BCUT2D eigenvalue weighted by atomic mass is 16.7. The first kappa shape index (κ1) is 20.3. The van der Waals surface area contributed by atoms with E-state index in [4.69, 9.17) is 9.52 Å². The molecule has 1 heterocycles. The number of fused-ring (bicyclic) bond motifs is 2. The van der Waals surface area contributed by atoms with E-state index in [1.54, 1.807) is 18.2 Å². The summed E-state index contributed by atoms with van der Waals surface area (Å²) in [7, 11) is 0. The molecule has 152 valence electrons. The SMILES string of the molecule is O=C(O)OCc1ccc([N+](=O)[O-])cc1.O=c1ccc2nc3ccc(O)cc3oc-2c1. The van der Waals surface area contributed by atoms with Crippen LogP contribution in [0.4, 0.5) is 10.5 Å². The van der Waals surface area contributed by atoms with Crippen LogP contribution in [-0.4, -0.2) is 26.3 Å². The number of carboxylic acid groups (broad SMARTS) is 1. The molecular formula is C20H14N2O8. The quantitative estimate of drug-likeness (QED) is 0.222. The molecule has 4 rings (SSSR count). The summed E-state index contributed by atoms with van der Waals surface area (Å²) in [5.41, 5.74) is 2.12. The van der Waals surface area contributed by atoms with Crippen molar-refractivity contribution in [2.24, 2.45) is 0 Å². The Bertz CT molecular complexity index is 1230. The van der Waals surface area contributed by atoms with Gasteiger partial charge in [-0.05, 0) is 42.0 Å². The minimum absolute atomic E-state index is 0.0379. The van der Waals surface area contributed by atoms with Gasteiger partial charge in [-0.15, -0.1) is 0 Å². The van der Waals surface area contributed by atoms with Crippen LogP contribution >= 0.6 is 0 Å². The van der Waals surface area contributed by atoms with Gasteiger partial charge in [-0.2, -0.15) is 0 Å². The monoisotopic (exact) mass is 410 g/mol. The highest BCUT2D eigenvalue weighted by molar-refractivity contribution is 5.77. The molecule has 0 amide bonds. The Hall–Kier alpha value is -4.47. The Morgan fingerprint density at radius 1 is 1.10 bits per heavy atom. The maximum absolute atomic E-state index is 11.1. The summed E-state index contributed by atoms with van der Waals surface area (Å²) in [6, 6.07) is 14.6. The third-order valence-corrected chi connectivity index (χ3v) is 3.84. The van der Waals surface area contributed by atoms with E-state index in [1.807, 2.05) is 0 Å². The minimum Gasteiger partial charge on any atom is -0.508 e. The predicted octanol–water partition coefficient (Wildman–Crippen LogP) is 3.79. The number of hydrogen-bond donors (Lipinski definition) is 2. The Morgan fingerprint density at radius 3 is 2.50 bits per heavy atom. The van der Waals surface area contributed by atoms with Gasteiger partial charge in [0.05, 0.1) is 4.92 Å². The second kappa shape index (κ2) is 8.69. The fourth-order valence-electron chi connectivity index (χ4n) is 2.45. The number of ether oxygens (including phenoxy) is 1. The third-order valence-electron chi connectivity index (χ3n) is 3.84. The van der Waals surface area contributed by atoms with Crippen LogP contribution in [0, 0.1) is 10.1 Å². The molecule has 0 unspecified atom stereocenters. The standard InChI is InChI=1S/C12H7NO3.C8H7NO5/c14-7-1-3-9-11(5-7)16-12-6-8(15)2-4-10(12)13-9;10-8(11)14-5-6-1-3-7(4-2-6)9(12)13/h1-6,14H;1-4H,5H2,(H,10,11). The molecule has 2 N–H and O–H groups in total. The minimum atomic E-state index is -1.37. The maximum Gasteiger partial charge on any atom is 0.506 e. The number of benzene rings is 3. The molecule has 0 radical (unpaired) electrons. The molecule has 0 saturated carbocycles. The lowest BCUT2D eigenvalue weighted by atomic mass is 10.2. The van der Waals surface area contributed by atoms with Crippen LogP contribution in [0.2, 0.25) is 0 Å². The van der Waals surface area contributed by atoms with E-state index in [1.165, 1.54) is 42.5 Å². The molecule has 10 nitrogen and oxygen atoms in total. The molecule has 2 aromatic rings. The van der Waals surface area contributed by atoms with Crippen LogP contribution in [0.1, 0.15) is 5.56 Å². The summed E-state index contributed by atoms with van der Waals surface area (Å²) in [5, 5.41) is 27.8. The number of rotatable bonds is 3. The Morgan fingerprint density at radius 2 is 1.83 bits per heavy atom. The number of nitro benzene ring substituents is 1. The van der Waals surface area contributed by atoms with Crippen molar-refractivity contribution in [3.8, 4) is 17.2 Å². The van der Waals surface area contributed by atoms with Gasteiger partial charge in [0.1, 0.15) is 23.6 Å². The van der Waals surface area contributed by atoms with Crippen molar-refractivity contribution < 1.29 is 29.1 Å². The number of carbonyl (C=O) groups is 1. The smallest absolute Gasteiger partial charge is 0.506 e. The summed E-state index contributed by atoms with van der Waals surface area (Å²) in [6.45, 7) is -0.104. The van der Waals surface area contributed by atoms with Crippen molar-refractivity contribution in [1.82, 2.24) is 4.98 Å². The van der Waals surface area contributed by atoms with Crippen LogP contribution in [0.25, 0.3) is 22.6 Å². The van der Waals surface area contributed by atoms with Crippen molar-refractivity contribution in [1.29, 1.82) is 0 Å². The number of aromatic hydroxyl groups is 1. The lowest BCUT2D eigenvalue weighted by Gasteiger charge is -2.05. The van der Waals surface area contributed by atoms with Crippen LogP contribution in [-0.2, 0) is 11.3 Å². The summed E-state index contributed by atoms with van der Waals surface area (Å²) in [5.74, 6) is 0.529. The molecule has 0 aromatic heterocycles. The number of aromatic nitrogens is 1. The van der Waals surface area contributed by atoms with E-state index in [0.717, 1.165) is 0 Å². The Kier molecular flexibility index (Phi) is 5.87. The van der Waals surface area contributed by atoms with Crippen molar-refractivity contribution in [2.75, 3.05) is 0 Å². The molecule has 30 heavy (non-hydrogen) atoms. The summed E-state index contributed by atoms with van der Waals surface area (Å²) < 4.78 is 9.76. The zero-order valence-electron chi connectivity index (χ0n) is 15.2. The number of hydrogen-bond acceptors (Lipinski definition) is 8. The van der Waals surface area contributed by atoms with Crippen molar-refractivity contribution >= 4 is 22.9 Å². The van der Waals surface area contributed by atoms with Gasteiger partial charge in [0.2, 0.25) is 0 Å². The molecule has 0 fully saturated rings. The number of nitro groups is 1. The molecule has 0 saturated heterocycles. The van der Waals surface area contributed by atoms with Crippen LogP contribution in [0.15, 0.2) is 69.9 Å². The highest BCUT2D eigenvalue weighted by Crippen LogP contribution is 2.25. The second-order valence-corrected chi connectivity index (χ2v) is 5.97. The largest absolute Gasteiger partial charge is 0.508 e. The normalized spacial score (nSPS) is 10.3. The molecule has 2 aliphatic rings. The Balaban J connectivity index is 0.000000173. The highest BCUT2D eigenvalue weighted by Gasteiger charge is 2.09. The number of nitrogens with zero attached hydrogens (tertiary/aromatic N) is 2. The zero-order valence-corrected chi connectivity index (χ0v) is 15.2. The molecule has 0 atom stereocenters. The van der Waals surface area contributed by atoms with Gasteiger partial charge >= 0.3 is 6.16 Å². The second-order valence-electron chi connectivity index (χ2n) is 5.97. The van der Waals surface area contributed by atoms with E-state index in [-0.39, 0.29) is 23.5 Å². The third kappa shape index (κ3) is 5.07. The molecule has 1 aliphatic carbocycles. The van der Waals surface area contributed by atoms with E-state index in [9.17, 15) is 24.8 Å². The van der Waals surface area contributed by atoms with Gasteiger partial charge in [-0.1, -0.05) is 0 Å². The number of phenolic OH excluding ortho intramolecular Hbond substituents is 1. The van der Waals surface area contributed by atoms with Gasteiger partial charge in [0.15, 0.2) is 16.8 Å². The molecule has 0 spiro atoms. The van der Waals surface area contributed by atoms with Gasteiger partial charge < -0.3 is 19.4 Å². The van der Waals surface area contributed by atoms with Gasteiger partial charge in [-0.3, -0.25) is 14.9 Å². The van der Waals surface area contributed by atoms with E-state index in [2.05, 4.69) is 9.72 Å². The maximum atomic E-state index is 11.1.